The number of hydrogen-bond acceptors (Lipinski definition) is 10. The minimum atomic E-state index is -4.74. The number of carbonyl (C=O) groups is 4. The Morgan fingerprint density at radius 3 is 2.40 bits per heavy atom. The first-order chi connectivity index (χ1) is 25.0. The summed E-state index contributed by atoms with van der Waals surface area (Å²) in [5, 5.41) is 14.6. The quantitative estimate of drug-likeness (QED) is 0.0324. The van der Waals surface area contributed by atoms with Gasteiger partial charge in [0.25, 0.3) is 5.91 Å². The van der Waals surface area contributed by atoms with Crippen molar-refractivity contribution in [3.8, 4) is 22.5 Å². The van der Waals surface area contributed by atoms with Gasteiger partial charge in [0.05, 0.1) is 31.3 Å². The number of carboxylic acid groups (broad SMARTS) is 1. The van der Waals surface area contributed by atoms with E-state index < -0.39 is 44.3 Å². The Morgan fingerprint density at radius 1 is 0.981 bits per heavy atom. The molecule has 2 amide bonds. The summed E-state index contributed by atoms with van der Waals surface area (Å²) in [4.78, 5) is 68.7. The first-order valence-electron chi connectivity index (χ1n) is 16.6. The number of phosphoric ester groups is 1. The van der Waals surface area contributed by atoms with Crippen molar-refractivity contribution >= 4 is 48.2 Å². The van der Waals surface area contributed by atoms with E-state index in [0.717, 1.165) is 11.0 Å². The maximum absolute atomic E-state index is 13.3. The summed E-state index contributed by atoms with van der Waals surface area (Å²) in [6.45, 7) is -0.265. The highest BCUT2D eigenvalue weighted by molar-refractivity contribution is 7.46. The number of rotatable bonds is 18. The van der Waals surface area contributed by atoms with Crippen LogP contribution in [0.1, 0.15) is 46.4 Å². The highest BCUT2D eigenvalue weighted by Crippen LogP contribution is 2.42. The number of carboxylic acids is 1. The van der Waals surface area contributed by atoms with Crippen LogP contribution in [0.2, 0.25) is 0 Å². The lowest BCUT2D eigenvalue weighted by atomic mass is 9.89. The molecule has 1 aliphatic heterocycles. The fourth-order valence-electron chi connectivity index (χ4n) is 5.44. The number of ether oxygens (including phenoxy) is 2. The Balaban J connectivity index is 1.51. The van der Waals surface area contributed by atoms with E-state index in [4.69, 9.17) is 29.4 Å². The zero-order chi connectivity index (χ0) is 38.9. The summed E-state index contributed by atoms with van der Waals surface area (Å²) in [5.41, 5.74) is 8.35. The van der Waals surface area contributed by atoms with Gasteiger partial charge in [-0.05, 0) is 48.4 Å². The molecule has 1 unspecified atom stereocenters. The van der Waals surface area contributed by atoms with E-state index in [0.29, 0.717) is 39.8 Å². The summed E-state index contributed by atoms with van der Waals surface area (Å²) >= 11 is 0. The summed E-state index contributed by atoms with van der Waals surface area (Å²) in [6.07, 6.45) is -1.18. The monoisotopic (exact) mass is 755 g/mol. The SMILES string of the molecule is CN(C)c1ccc2c(-c3cc(C(=O)NCCCOCC(CCOP(=O)(O)O)OC(=O)CCC(N)=O)ccc3C(=O)O)c3ccc(=[N+](C)C)cc-3oc2c1. The van der Waals surface area contributed by atoms with Gasteiger partial charge in [-0.1, -0.05) is 0 Å². The third-order valence-electron chi connectivity index (χ3n) is 8.13. The van der Waals surface area contributed by atoms with Gasteiger partial charge in [-0.25, -0.2) is 13.9 Å². The third kappa shape index (κ3) is 11.4. The number of primary amides is 1. The topological polar surface area (TPSA) is 231 Å². The van der Waals surface area contributed by atoms with Gasteiger partial charge < -0.3 is 44.7 Å². The van der Waals surface area contributed by atoms with Crippen LogP contribution in [0.5, 0.6) is 0 Å². The van der Waals surface area contributed by atoms with E-state index >= 15 is 0 Å². The minimum Gasteiger partial charge on any atom is -0.478 e. The Kier molecular flexibility index (Phi) is 13.9. The average molecular weight is 756 g/mol. The van der Waals surface area contributed by atoms with Gasteiger partial charge in [-0.15, -0.1) is 0 Å². The summed E-state index contributed by atoms with van der Waals surface area (Å²) in [7, 11) is 2.89. The average Bonchev–Trinajstić information content (AvgIpc) is 3.09. The predicted octanol–water partition coefficient (Wildman–Crippen LogP) is 2.81. The normalized spacial score (nSPS) is 12.0. The number of carbonyl (C=O) groups excluding carboxylic acids is 3. The summed E-state index contributed by atoms with van der Waals surface area (Å²) in [6, 6.07) is 15.7. The standard InChI is InChI=1S/C36H43N4O12P/c1-39(2)23-7-10-27-30(19-23)52-31-20-24(40(3)4)8-11-28(31)34(27)29-18-22(6-9-26(29)36(44)45)35(43)38-15-5-16-49-21-25(14-17-50-53(46,47)48)51-33(42)13-12-32(37)41/h6-11,18-20,25H,5,12-17,21H2,1-4H3,(H5-,37,38,41,43,44,45,46,47,48)/p+1. The lowest BCUT2D eigenvalue weighted by Crippen LogP contribution is -2.28. The van der Waals surface area contributed by atoms with Crippen LogP contribution in [0, 0.1) is 0 Å². The second-order valence-electron chi connectivity index (χ2n) is 12.6. The molecule has 0 spiro atoms. The number of phosphoric acid groups is 1. The number of amides is 2. The number of nitrogens with two attached hydrogens (primary N) is 1. The fourth-order valence-corrected chi connectivity index (χ4v) is 5.78. The van der Waals surface area contributed by atoms with E-state index in [1.165, 1.54) is 12.1 Å². The number of aromatic carboxylic acids is 1. The number of anilines is 1. The lowest BCUT2D eigenvalue weighted by Gasteiger charge is -2.19. The van der Waals surface area contributed by atoms with Crippen molar-refractivity contribution in [2.45, 2.75) is 31.8 Å². The van der Waals surface area contributed by atoms with Crippen molar-refractivity contribution in [1.29, 1.82) is 0 Å². The molecule has 0 saturated carbocycles. The predicted molar refractivity (Wildman–Crippen MR) is 195 cm³/mol. The second-order valence-corrected chi connectivity index (χ2v) is 13.8. The molecule has 284 valence electrons. The van der Waals surface area contributed by atoms with E-state index in [-0.39, 0.29) is 50.1 Å². The van der Waals surface area contributed by atoms with Crippen LogP contribution in [-0.2, 0) is 28.2 Å². The number of fused-ring (bicyclic) bond motifs is 2. The number of benzene rings is 3. The molecule has 6 N–H and O–H groups in total. The molecule has 53 heavy (non-hydrogen) atoms. The molecule has 2 aliphatic rings. The zero-order valence-corrected chi connectivity index (χ0v) is 30.8. The van der Waals surface area contributed by atoms with Crippen molar-refractivity contribution in [3.05, 3.63) is 71.1 Å². The van der Waals surface area contributed by atoms with Gasteiger partial charge in [0.15, 0.2) is 0 Å². The van der Waals surface area contributed by atoms with E-state index in [1.807, 2.05) is 74.1 Å². The molecule has 0 aromatic heterocycles. The fraction of sp³-hybridized carbons (Fsp3) is 0.361. The van der Waals surface area contributed by atoms with Crippen molar-refractivity contribution < 1.29 is 57.1 Å². The van der Waals surface area contributed by atoms with Crippen LogP contribution in [-0.4, -0.2) is 99.3 Å². The molecule has 0 radical (unpaired) electrons. The van der Waals surface area contributed by atoms with Crippen LogP contribution in [0.4, 0.5) is 5.69 Å². The highest BCUT2D eigenvalue weighted by atomic mass is 31.2. The van der Waals surface area contributed by atoms with Crippen molar-refractivity contribution in [2.75, 3.05) is 59.5 Å². The van der Waals surface area contributed by atoms with Gasteiger partial charge >= 0.3 is 19.8 Å². The van der Waals surface area contributed by atoms with Crippen molar-refractivity contribution in [2.24, 2.45) is 5.73 Å². The molecule has 1 heterocycles. The van der Waals surface area contributed by atoms with Gasteiger partial charge in [-0.3, -0.25) is 18.9 Å². The highest BCUT2D eigenvalue weighted by Gasteiger charge is 2.24. The van der Waals surface area contributed by atoms with Gasteiger partial charge in [0, 0.05) is 80.0 Å². The van der Waals surface area contributed by atoms with Crippen LogP contribution >= 0.6 is 7.82 Å². The first kappa shape index (κ1) is 40.6. The Hall–Kier alpha value is -5.12. The number of hydrogen-bond donors (Lipinski definition) is 5. The van der Waals surface area contributed by atoms with Crippen LogP contribution in [0.25, 0.3) is 33.4 Å². The second kappa shape index (κ2) is 18.1. The maximum atomic E-state index is 13.3. The molecular weight excluding hydrogens is 711 g/mol. The van der Waals surface area contributed by atoms with Crippen molar-refractivity contribution in [3.63, 3.8) is 0 Å². The number of esters is 1. The molecule has 2 aromatic rings. The Bertz CT molecular complexity index is 2070. The maximum Gasteiger partial charge on any atom is 0.469 e. The Morgan fingerprint density at radius 2 is 1.74 bits per heavy atom. The van der Waals surface area contributed by atoms with E-state index in [1.54, 1.807) is 6.07 Å². The summed E-state index contributed by atoms with van der Waals surface area (Å²) in [5.74, 6) is -2.50. The molecule has 1 atom stereocenters. The first-order valence-corrected chi connectivity index (χ1v) is 18.2. The molecule has 2 aromatic carbocycles. The zero-order valence-electron chi connectivity index (χ0n) is 29.9. The van der Waals surface area contributed by atoms with E-state index in [9.17, 15) is 28.8 Å². The smallest absolute Gasteiger partial charge is 0.469 e. The molecule has 16 nitrogen and oxygen atoms in total. The minimum absolute atomic E-state index is 0.00759. The van der Waals surface area contributed by atoms with E-state index in [2.05, 4.69) is 9.84 Å². The van der Waals surface area contributed by atoms with Crippen molar-refractivity contribution in [1.82, 2.24) is 9.89 Å². The largest absolute Gasteiger partial charge is 0.478 e. The van der Waals surface area contributed by atoms with Gasteiger partial charge in [0.2, 0.25) is 11.3 Å². The van der Waals surface area contributed by atoms with Crippen LogP contribution < -0.4 is 25.9 Å². The summed E-state index contributed by atoms with van der Waals surface area (Å²) < 4.78 is 34.6. The molecule has 0 fully saturated rings. The molecule has 1 aliphatic carbocycles. The molecule has 0 saturated heterocycles. The molecular formula is C36H44N4O12P+. The Labute approximate surface area is 305 Å². The number of nitrogens with zero attached hydrogens (tertiary/aromatic N) is 2. The van der Waals surface area contributed by atoms with Crippen LogP contribution in [0.3, 0.4) is 0 Å². The van der Waals surface area contributed by atoms with Crippen LogP contribution in [0.15, 0.2) is 59.0 Å². The molecule has 0 bridgehead atoms. The van der Waals surface area contributed by atoms with Gasteiger partial charge in [-0.2, -0.15) is 0 Å². The lowest BCUT2D eigenvalue weighted by molar-refractivity contribution is -0.153. The molecule has 4 rings (SSSR count). The third-order valence-corrected chi connectivity index (χ3v) is 8.65. The van der Waals surface area contributed by atoms with Gasteiger partial charge in [0.1, 0.15) is 31.5 Å². The molecule has 17 heteroatoms. The number of nitrogens with one attached hydrogen (secondary N) is 1.